The van der Waals surface area contributed by atoms with Gasteiger partial charge in [0.05, 0.1) is 11.4 Å². The van der Waals surface area contributed by atoms with Gasteiger partial charge in [0.15, 0.2) is 4.96 Å². The smallest absolute Gasteiger partial charge is 0.258 e. The highest BCUT2D eigenvalue weighted by Gasteiger charge is 2.23. The molecule has 0 radical (unpaired) electrons. The van der Waals surface area contributed by atoms with E-state index in [0.29, 0.717) is 16.5 Å². The fraction of sp³-hybridized carbons (Fsp3) is 0.278. The van der Waals surface area contributed by atoms with Crippen molar-refractivity contribution in [2.24, 2.45) is 0 Å². The lowest BCUT2D eigenvalue weighted by Crippen LogP contribution is -2.30. The predicted molar refractivity (Wildman–Crippen MR) is 103 cm³/mol. The summed E-state index contributed by atoms with van der Waals surface area (Å²) < 4.78 is 1.62. The van der Waals surface area contributed by atoms with Crippen LogP contribution in [0.4, 0.5) is 5.69 Å². The molecule has 128 valence electrons. The molecule has 0 spiro atoms. The number of hydrogen-bond acceptors (Lipinski definition) is 5. The van der Waals surface area contributed by atoms with Crippen LogP contribution in [0.2, 0.25) is 0 Å². The first-order valence-corrected chi connectivity index (χ1v) is 10.1. The molecule has 0 saturated heterocycles. The van der Waals surface area contributed by atoms with Gasteiger partial charge in [-0.1, -0.05) is 18.2 Å². The fourth-order valence-corrected chi connectivity index (χ4v) is 4.77. The summed E-state index contributed by atoms with van der Waals surface area (Å²) in [5, 5.41) is 1.93. The molecule has 0 atom stereocenters. The number of para-hydroxylation sites is 1. The number of benzene rings is 1. The number of carbonyl (C=O) groups is 1. The number of rotatable bonds is 4. The number of nitrogens with zero attached hydrogens (tertiary/aromatic N) is 3. The van der Waals surface area contributed by atoms with Crippen molar-refractivity contribution in [3.8, 4) is 0 Å². The maximum atomic E-state index is 12.5. The normalized spacial score (nSPS) is 13.4. The van der Waals surface area contributed by atoms with Crippen LogP contribution in [0.25, 0.3) is 4.96 Å². The molecular weight excluding hydrogens is 354 g/mol. The van der Waals surface area contributed by atoms with Crippen molar-refractivity contribution in [2.45, 2.75) is 19.1 Å². The van der Waals surface area contributed by atoms with Gasteiger partial charge in [-0.05, 0) is 25.0 Å². The summed E-state index contributed by atoms with van der Waals surface area (Å²) in [6.45, 7) is 2.65. The van der Waals surface area contributed by atoms with Crippen LogP contribution in [0.1, 0.15) is 17.0 Å². The van der Waals surface area contributed by atoms with Gasteiger partial charge in [0, 0.05) is 35.1 Å². The van der Waals surface area contributed by atoms with E-state index in [1.54, 1.807) is 10.5 Å². The SMILES string of the molecule is Cc1csc2nc(CSCC(=O)N3CCc4ccccc43)cc(=O)n12. The highest BCUT2D eigenvalue weighted by Crippen LogP contribution is 2.28. The monoisotopic (exact) mass is 371 g/mol. The molecule has 1 aliphatic heterocycles. The minimum atomic E-state index is -0.0563. The number of amides is 1. The van der Waals surface area contributed by atoms with E-state index in [-0.39, 0.29) is 11.5 Å². The van der Waals surface area contributed by atoms with Crippen LogP contribution < -0.4 is 10.5 Å². The molecule has 1 amide bonds. The van der Waals surface area contributed by atoms with Crippen molar-refractivity contribution < 1.29 is 4.79 Å². The van der Waals surface area contributed by atoms with Crippen molar-refractivity contribution >= 4 is 39.7 Å². The molecule has 5 nitrogen and oxygen atoms in total. The minimum absolute atomic E-state index is 0.0563. The second-order valence-corrected chi connectivity index (χ2v) is 7.82. The number of anilines is 1. The number of aromatic nitrogens is 2. The van der Waals surface area contributed by atoms with E-state index in [2.05, 4.69) is 11.1 Å². The Morgan fingerprint density at radius 1 is 1.36 bits per heavy atom. The first kappa shape index (κ1) is 16.4. The lowest BCUT2D eigenvalue weighted by atomic mass is 10.2. The maximum Gasteiger partial charge on any atom is 0.258 e. The van der Waals surface area contributed by atoms with Crippen molar-refractivity contribution in [3.05, 3.63) is 63.0 Å². The van der Waals surface area contributed by atoms with Crippen LogP contribution in [-0.2, 0) is 17.0 Å². The van der Waals surface area contributed by atoms with Gasteiger partial charge in [0.1, 0.15) is 0 Å². The average Bonchev–Trinajstić information content (AvgIpc) is 3.19. The number of fused-ring (bicyclic) bond motifs is 2. The Morgan fingerprint density at radius 3 is 3.08 bits per heavy atom. The summed E-state index contributed by atoms with van der Waals surface area (Å²) in [7, 11) is 0. The fourth-order valence-electron chi connectivity index (χ4n) is 3.09. The Morgan fingerprint density at radius 2 is 2.20 bits per heavy atom. The highest BCUT2D eigenvalue weighted by molar-refractivity contribution is 7.99. The van der Waals surface area contributed by atoms with Crippen LogP contribution in [0.15, 0.2) is 40.5 Å². The quantitative estimate of drug-likeness (QED) is 0.708. The predicted octanol–water partition coefficient (Wildman–Crippen LogP) is 2.89. The average molecular weight is 371 g/mol. The molecule has 1 aromatic carbocycles. The van der Waals surface area contributed by atoms with E-state index in [1.165, 1.54) is 28.7 Å². The third kappa shape index (κ3) is 3.09. The Balaban J connectivity index is 1.41. The zero-order valence-corrected chi connectivity index (χ0v) is 15.4. The van der Waals surface area contributed by atoms with Crippen LogP contribution in [0.5, 0.6) is 0 Å². The molecule has 0 aliphatic carbocycles. The molecule has 4 rings (SSSR count). The number of thioether (sulfide) groups is 1. The van der Waals surface area contributed by atoms with Gasteiger partial charge in [0.25, 0.3) is 5.56 Å². The number of aryl methyl sites for hydroxylation is 1. The Kier molecular flexibility index (Phi) is 4.35. The lowest BCUT2D eigenvalue weighted by Gasteiger charge is -2.16. The van der Waals surface area contributed by atoms with Crippen LogP contribution in [0, 0.1) is 6.92 Å². The zero-order valence-electron chi connectivity index (χ0n) is 13.8. The second kappa shape index (κ2) is 6.65. The van der Waals surface area contributed by atoms with Gasteiger partial charge in [0.2, 0.25) is 5.91 Å². The van der Waals surface area contributed by atoms with E-state index in [0.717, 1.165) is 30.0 Å². The Labute approximate surface area is 153 Å². The van der Waals surface area contributed by atoms with Gasteiger partial charge >= 0.3 is 0 Å². The van der Waals surface area contributed by atoms with Crippen molar-refractivity contribution in [3.63, 3.8) is 0 Å². The second-order valence-electron chi connectivity index (χ2n) is 6.00. The molecule has 1 aliphatic rings. The van der Waals surface area contributed by atoms with E-state index >= 15 is 0 Å². The van der Waals surface area contributed by atoms with Crippen LogP contribution in [-0.4, -0.2) is 27.6 Å². The molecular formula is C18H17N3O2S2. The first-order valence-electron chi connectivity index (χ1n) is 8.06. The molecule has 0 bridgehead atoms. The Hall–Kier alpha value is -2.12. The summed E-state index contributed by atoms with van der Waals surface area (Å²) in [6.07, 6.45) is 0.916. The van der Waals surface area contributed by atoms with E-state index in [4.69, 9.17) is 0 Å². The highest BCUT2D eigenvalue weighted by atomic mass is 32.2. The number of thiazole rings is 1. The molecule has 0 unspecified atom stereocenters. The molecule has 2 aromatic heterocycles. The molecule has 7 heteroatoms. The molecule has 3 aromatic rings. The minimum Gasteiger partial charge on any atom is -0.311 e. The summed E-state index contributed by atoms with van der Waals surface area (Å²) >= 11 is 2.96. The first-order chi connectivity index (χ1) is 12.1. The zero-order chi connectivity index (χ0) is 17.4. The number of carbonyl (C=O) groups excluding carboxylic acids is 1. The van der Waals surface area contributed by atoms with Crippen molar-refractivity contribution in [1.82, 2.24) is 9.38 Å². The summed E-state index contributed by atoms with van der Waals surface area (Å²) in [5.74, 6) is 1.06. The van der Waals surface area contributed by atoms with Gasteiger partial charge in [-0.3, -0.25) is 14.0 Å². The standard InChI is InChI=1S/C18H17N3O2S2/c1-12-9-25-18-19-14(8-16(22)21(12)18)10-24-11-17(23)20-7-6-13-4-2-3-5-15(13)20/h2-5,8-9H,6-7,10-11H2,1H3. The summed E-state index contributed by atoms with van der Waals surface area (Å²) in [4.78, 5) is 31.8. The Bertz CT molecular complexity index is 1010. The van der Waals surface area contributed by atoms with E-state index in [9.17, 15) is 9.59 Å². The third-order valence-electron chi connectivity index (χ3n) is 4.29. The molecule has 0 saturated carbocycles. The van der Waals surface area contributed by atoms with Crippen molar-refractivity contribution in [1.29, 1.82) is 0 Å². The summed E-state index contributed by atoms with van der Waals surface area (Å²) in [6, 6.07) is 9.61. The third-order valence-corrected chi connectivity index (χ3v) is 6.19. The topological polar surface area (TPSA) is 54.7 Å². The van der Waals surface area contributed by atoms with Gasteiger partial charge < -0.3 is 4.90 Å². The van der Waals surface area contributed by atoms with Gasteiger partial charge in [-0.2, -0.15) is 0 Å². The molecule has 3 heterocycles. The maximum absolute atomic E-state index is 12.5. The largest absolute Gasteiger partial charge is 0.311 e. The lowest BCUT2D eigenvalue weighted by molar-refractivity contribution is -0.116. The van der Waals surface area contributed by atoms with Crippen LogP contribution >= 0.6 is 23.1 Å². The van der Waals surface area contributed by atoms with Gasteiger partial charge in [-0.25, -0.2) is 4.98 Å². The van der Waals surface area contributed by atoms with Crippen LogP contribution in [0.3, 0.4) is 0 Å². The molecule has 25 heavy (non-hydrogen) atoms. The molecule has 0 N–H and O–H groups in total. The van der Waals surface area contributed by atoms with E-state index in [1.807, 2.05) is 35.4 Å². The van der Waals surface area contributed by atoms with Crippen molar-refractivity contribution in [2.75, 3.05) is 17.2 Å². The van der Waals surface area contributed by atoms with E-state index < -0.39 is 0 Å². The van der Waals surface area contributed by atoms with Gasteiger partial charge in [-0.15, -0.1) is 23.1 Å². The number of hydrogen-bond donors (Lipinski definition) is 0. The summed E-state index contributed by atoms with van der Waals surface area (Å²) in [5.41, 5.74) is 3.83. The molecule has 0 fully saturated rings.